The Balaban J connectivity index is 0.000000529. The van der Waals surface area contributed by atoms with Crippen LogP contribution in [-0.4, -0.2) is 0 Å². The molecule has 0 atom stereocenters. The fraction of sp³-hybridized carbons (Fsp3) is 0.111. The van der Waals surface area contributed by atoms with E-state index in [4.69, 9.17) is 0 Å². The third kappa shape index (κ3) is 25.0. The first-order valence-electron chi connectivity index (χ1n) is 15.3. The smallest absolute Gasteiger partial charge is 0.0100 e. The van der Waals surface area contributed by atoms with E-state index < -0.39 is 0 Å². The normalized spacial score (nSPS) is 9.07. The first-order valence-corrected chi connectivity index (χ1v) is 15.3. The van der Waals surface area contributed by atoms with Crippen molar-refractivity contribution in [3.05, 3.63) is 224 Å². The molecule has 0 saturated carbocycles. The Morgan fingerprint density at radius 3 is 1.04 bits per heavy atom. The van der Waals surface area contributed by atoms with Gasteiger partial charge in [-0.1, -0.05) is 206 Å². The highest BCUT2D eigenvalue weighted by molar-refractivity contribution is 5.60. The maximum atomic E-state index is 3.83. The summed E-state index contributed by atoms with van der Waals surface area (Å²) in [6.07, 6.45) is 12.9. The van der Waals surface area contributed by atoms with Crippen LogP contribution < -0.4 is 0 Å². The highest BCUT2D eigenvalue weighted by Gasteiger charge is 1.86. The second-order valence-electron chi connectivity index (χ2n) is 9.51. The maximum absolute atomic E-state index is 3.83. The molecule has 0 heteroatoms. The minimum Gasteiger partial charge on any atom is -0.103 e. The third-order valence-electron chi connectivity index (χ3n) is 5.47. The molecule has 0 bridgehead atoms. The summed E-state index contributed by atoms with van der Waals surface area (Å²) < 4.78 is 0. The molecule has 0 spiro atoms. The molecule has 0 heterocycles. The monoisotopic (exact) mass is 592 g/mol. The lowest BCUT2D eigenvalue weighted by Crippen LogP contribution is -1.75. The average Bonchev–Trinajstić information content (AvgIpc) is 3.09. The van der Waals surface area contributed by atoms with Crippen LogP contribution in [0.5, 0.6) is 0 Å². The van der Waals surface area contributed by atoms with Gasteiger partial charge in [0.25, 0.3) is 0 Å². The van der Waals surface area contributed by atoms with Crippen LogP contribution in [0.4, 0.5) is 0 Å². The Morgan fingerprint density at radius 2 is 0.778 bits per heavy atom. The predicted molar refractivity (Wildman–Crippen MR) is 206 cm³/mol. The highest BCUT2D eigenvalue weighted by atomic mass is 13.9. The minimum absolute atomic E-state index is 0.973. The standard InChI is InChI=1S/4C9H10.C6H6.C3H6/c1-8(2)9-6-4-3-5-7-9;3*1-2-6-9-7-4-3-5-8-9;1-2-4-6-5-3-1;1-3-2/h3-7H,1H2,2H3;2*2-8H,1H3;2-5,7-8H,1,6H2;1-6H;3H,1H2,2H3/b;6-2+;6-2-;;;. The molecular formula is C45H52. The minimum atomic E-state index is 0.973. The Hall–Kier alpha value is -5.20. The lowest BCUT2D eigenvalue weighted by atomic mass is 10.1. The molecule has 0 amide bonds. The van der Waals surface area contributed by atoms with Crippen molar-refractivity contribution in [1.29, 1.82) is 0 Å². The average molecular weight is 593 g/mol. The number of hydrogen-bond acceptors (Lipinski definition) is 0. The summed E-state index contributed by atoms with van der Waals surface area (Å²) in [6, 6.07) is 53.0. The molecule has 5 aromatic rings. The molecular weight excluding hydrogens is 540 g/mol. The lowest BCUT2D eigenvalue weighted by Gasteiger charge is -1.94. The van der Waals surface area contributed by atoms with E-state index in [0.717, 1.165) is 12.0 Å². The Labute approximate surface area is 275 Å². The molecule has 0 fully saturated rings. The van der Waals surface area contributed by atoms with Gasteiger partial charge < -0.3 is 0 Å². The van der Waals surface area contributed by atoms with Crippen LogP contribution in [0.25, 0.3) is 17.7 Å². The number of allylic oxidation sites excluding steroid dienone is 5. The van der Waals surface area contributed by atoms with Crippen LogP contribution in [0.2, 0.25) is 0 Å². The van der Waals surface area contributed by atoms with Crippen LogP contribution in [0.1, 0.15) is 49.9 Å². The zero-order chi connectivity index (χ0) is 33.2. The first-order chi connectivity index (χ1) is 22.0. The van der Waals surface area contributed by atoms with Crippen molar-refractivity contribution in [2.75, 3.05) is 0 Å². The van der Waals surface area contributed by atoms with Crippen molar-refractivity contribution in [3.8, 4) is 0 Å². The van der Waals surface area contributed by atoms with Gasteiger partial charge in [-0.25, -0.2) is 0 Å². The third-order valence-corrected chi connectivity index (χ3v) is 5.47. The van der Waals surface area contributed by atoms with E-state index in [0.29, 0.717) is 0 Å². The van der Waals surface area contributed by atoms with Crippen LogP contribution in [0, 0.1) is 0 Å². The molecule has 232 valence electrons. The topological polar surface area (TPSA) is 0 Å². The van der Waals surface area contributed by atoms with Gasteiger partial charge in [0.2, 0.25) is 0 Å². The van der Waals surface area contributed by atoms with Crippen LogP contribution in [-0.2, 0) is 6.42 Å². The highest BCUT2D eigenvalue weighted by Crippen LogP contribution is 2.08. The van der Waals surface area contributed by atoms with E-state index in [2.05, 4.69) is 80.4 Å². The molecule has 0 N–H and O–H groups in total. The zero-order valence-corrected chi connectivity index (χ0v) is 27.8. The molecule has 0 aliphatic carbocycles. The summed E-state index contributed by atoms with van der Waals surface area (Å²) >= 11 is 0. The summed E-state index contributed by atoms with van der Waals surface area (Å²) in [7, 11) is 0. The maximum Gasteiger partial charge on any atom is -0.0100 e. The van der Waals surface area contributed by atoms with Crippen molar-refractivity contribution in [1.82, 2.24) is 0 Å². The molecule has 0 aromatic heterocycles. The lowest BCUT2D eigenvalue weighted by molar-refractivity contribution is 1.28. The van der Waals surface area contributed by atoms with E-state index in [1.165, 1.54) is 22.3 Å². The van der Waals surface area contributed by atoms with Gasteiger partial charge in [0, 0.05) is 0 Å². The molecule has 0 aliphatic rings. The summed E-state index contributed by atoms with van der Waals surface area (Å²) in [5.74, 6) is 0. The van der Waals surface area contributed by atoms with E-state index in [9.17, 15) is 0 Å². The largest absolute Gasteiger partial charge is 0.103 e. The van der Waals surface area contributed by atoms with E-state index in [-0.39, 0.29) is 0 Å². The fourth-order valence-corrected chi connectivity index (χ4v) is 3.40. The molecule has 5 rings (SSSR count). The predicted octanol–water partition coefficient (Wildman–Crippen LogP) is 13.5. The van der Waals surface area contributed by atoms with Gasteiger partial charge in [-0.15, -0.1) is 13.2 Å². The van der Waals surface area contributed by atoms with Crippen molar-refractivity contribution >= 4 is 17.7 Å². The summed E-state index contributed by atoms with van der Waals surface area (Å²) in [5, 5.41) is 0. The van der Waals surface area contributed by atoms with Gasteiger partial charge in [0.15, 0.2) is 0 Å². The number of hydrogen-bond donors (Lipinski definition) is 0. The Morgan fingerprint density at radius 1 is 0.489 bits per heavy atom. The zero-order valence-electron chi connectivity index (χ0n) is 27.8. The van der Waals surface area contributed by atoms with Crippen LogP contribution in [0.15, 0.2) is 202 Å². The van der Waals surface area contributed by atoms with Crippen LogP contribution in [0.3, 0.4) is 0 Å². The Kier molecular flexibility index (Phi) is 26.8. The summed E-state index contributed by atoms with van der Waals surface area (Å²) in [4.78, 5) is 0. The number of benzene rings is 5. The summed E-state index contributed by atoms with van der Waals surface area (Å²) in [6.45, 7) is 18.8. The second kappa shape index (κ2) is 30.3. The molecule has 0 radical (unpaired) electrons. The van der Waals surface area contributed by atoms with Crippen molar-refractivity contribution < 1.29 is 0 Å². The van der Waals surface area contributed by atoms with Crippen molar-refractivity contribution in [3.63, 3.8) is 0 Å². The van der Waals surface area contributed by atoms with Gasteiger partial charge in [-0.2, -0.15) is 0 Å². The fourth-order valence-electron chi connectivity index (χ4n) is 3.40. The molecule has 0 unspecified atom stereocenters. The van der Waals surface area contributed by atoms with Gasteiger partial charge >= 0.3 is 0 Å². The summed E-state index contributed by atoms with van der Waals surface area (Å²) in [5.41, 5.74) is 6.20. The van der Waals surface area contributed by atoms with Gasteiger partial charge in [0.05, 0.1) is 0 Å². The molecule has 0 saturated heterocycles. The van der Waals surface area contributed by atoms with E-state index >= 15 is 0 Å². The van der Waals surface area contributed by atoms with Crippen molar-refractivity contribution in [2.45, 2.75) is 34.1 Å². The second-order valence-corrected chi connectivity index (χ2v) is 9.51. The van der Waals surface area contributed by atoms with Crippen LogP contribution >= 0.6 is 0 Å². The first kappa shape index (κ1) is 39.8. The number of rotatable bonds is 5. The SMILES string of the molecule is C/C=C/c1ccccc1.C/C=C\c1ccccc1.C=C(C)c1ccccc1.C=CC.C=CCc1ccccc1.c1ccccc1. The Bertz CT molecular complexity index is 1320. The molecule has 0 nitrogen and oxygen atoms in total. The van der Waals surface area contributed by atoms with E-state index in [1.54, 1.807) is 6.08 Å². The molecule has 5 aromatic carbocycles. The molecule has 0 aliphatic heterocycles. The van der Waals surface area contributed by atoms with Crippen molar-refractivity contribution in [2.24, 2.45) is 0 Å². The molecule has 45 heavy (non-hydrogen) atoms. The van der Waals surface area contributed by atoms with Gasteiger partial charge in [-0.05, 0) is 56.4 Å². The van der Waals surface area contributed by atoms with E-state index in [1.807, 2.05) is 155 Å². The van der Waals surface area contributed by atoms with Gasteiger partial charge in [0.1, 0.15) is 0 Å². The van der Waals surface area contributed by atoms with Gasteiger partial charge in [-0.3, -0.25) is 0 Å². The quantitative estimate of drug-likeness (QED) is 0.178.